The lowest BCUT2D eigenvalue weighted by Crippen LogP contribution is -2.50. The highest BCUT2D eigenvalue weighted by molar-refractivity contribution is 6.05. The summed E-state index contributed by atoms with van der Waals surface area (Å²) < 4.78 is 7.95. The van der Waals surface area contributed by atoms with Crippen molar-refractivity contribution in [1.82, 2.24) is 39.9 Å². The number of nitrogens with zero attached hydrogens (tertiary/aromatic N) is 8. The van der Waals surface area contributed by atoms with E-state index < -0.39 is 6.03 Å². The van der Waals surface area contributed by atoms with Gasteiger partial charge in [-0.15, -0.1) is 0 Å². The van der Waals surface area contributed by atoms with Crippen LogP contribution in [-0.4, -0.2) is 66.2 Å². The Morgan fingerprint density at radius 2 is 1.66 bits per heavy atom. The van der Waals surface area contributed by atoms with Gasteiger partial charge in [-0.3, -0.25) is 24.9 Å². The third-order valence-corrected chi connectivity index (χ3v) is 7.94. The van der Waals surface area contributed by atoms with E-state index in [4.69, 9.17) is 15.6 Å². The van der Waals surface area contributed by atoms with Gasteiger partial charge in [-0.2, -0.15) is 5.10 Å². The number of amides is 3. The predicted molar refractivity (Wildman–Crippen MR) is 163 cm³/mol. The number of aromatic nitrogens is 6. The highest BCUT2D eigenvalue weighted by Crippen LogP contribution is 2.35. The molecule has 13 heteroatoms. The number of nitrogen functional groups attached to an aromatic ring is 1. The summed E-state index contributed by atoms with van der Waals surface area (Å²) in [5.74, 6) is 2.05. The molecule has 2 aromatic carbocycles. The molecule has 2 saturated heterocycles. The monoisotopic (exact) mass is 590 g/mol. The molecule has 0 aliphatic carbocycles. The largest absolute Gasteiger partial charge is 0.457 e. The van der Waals surface area contributed by atoms with Crippen molar-refractivity contribution in [1.29, 1.82) is 0 Å². The number of rotatable bonds is 7. The average Bonchev–Trinajstić information content (AvgIpc) is 3.44. The second-order valence-corrected chi connectivity index (χ2v) is 10.8. The summed E-state index contributed by atoms with van der Waals surface area (Å²) in [6.45, 7) is 2.62. The molecule has 5 aromatic rings. The highest BCUT2D eigenvalue weighted by Gasteiger charge is 2.28. The van der Waals surface area contributed by atoms with Crippen LogP contribution in [-0.2, 0) is 11.3 Å². The van der Waals surface area contributed by atoms with Crippen molar-refractivity contribution in [2.45, 2.75) is 31.8 Å². The fourth-order valence-corrected chi connectivity index (χ4v) is 5.66. The number of carbonyl (C=O) groups excluding carboxylic acids is 2. The first kappa shape index (κ1) is 27.4. The molecular formula is C31H30N10O3. The van der Waals surface area contributed by atoms with Gasteiger partial charge >= 0.3 is 6.03 Å². The first-order valence-electron chi connectivity index (χ1n) is 14.5. The minimum absolute atomic E-state index is 0.145. The molecule has 0 unspecified atom stereocenters. The van der Waals surface area contributed by atoms with Crippen LogP contribution in [0.15, 0.2) is 73.3 Å². The summed E-state index contributed by atoms with van der Waals surface area (Å²) >= 11 is 0. The van der Waals surface area contributed by atoms with Gasteiger partial charge in [0.15, 0.2) is 11.5 Å². The van der Waals surface area contributed by atoms with Gasteiger partial charge in [0.05, 0.1) is 29.5 Å². The lowest BCUT2D eigenvalue weighted by atomic mass is 10.0. The number of likely N-dealkylation sites (tertiary alicyclic amines) is 1. The molecule has 0 radical (unpaired) electrons. The van der Waals surface area contributed by atoms with Gasteiger partial charge in [-0.1, -0.05) is 18.2 Å². The Bertz CT molecular complexity index is 1800. The molecule has 2 aliphatic heterocycles. The Morgan fingerprint density at radius 3 is 2.39 bits per heavy atom. The smallest absolute Gasteiger partial charge is 0.329 e. The number of ether oxygens (including phenoxy) is 1. The quantitative estimate of drug-likeness (QED) is 0.284. The molecule has 2 aliphatic rings. The number of anilines is 2. The molecule has 2 fully saturated rings. The van der Waals surface area contributed by atoms with Crippen molar-refractivity contribution in [3.63, 3.8) is 0 Å². The molecule has 0 bridgehead atoms. The van der Waals surface area contributed by atoms with E-state index in [1.165, 1.54) is 11.2 Å². The number of urea groups is 1. The number of hydrogen-bond acceptors (Lipinski definition) is 10. The minimum Gasteiger partial charge on any atom is -0.457 e. The molecule has 222 valence electrons. The van der Waals surface area contributed by atoms with E-state index in [2.05, 4.69) is 30.2 Å². The number of hydrogen-bond donors (Lipinski definition) is 2. The lowest BCUT2D eigenvalue weighted by molar-refractivity contribution is -0.120. The Labute approximate surface area is 252 Å². The molecule has 44 heavy (non-hydrogen) atoms. The molecule has 7 rings (SSSR count). The number of nitrogens with two attached hydrogens (primary N) is 1. The zero-order valence-electron chi connectivity index (χ0n) is 23.8. The molecular weight excluding hydrogens is 560 g/mol. The SMILES string of the molecule is Nc1ncnc2c1c(-c1ccc(Oc3ccccc3)cc1)nn2C1CCN(Cc2cnc(N3CCC(=O)NC3=O)cn2)CC1. The van der Waals surface area contributed by atoms with Gasteiger partial charge in [0, 0.05) is 38.2 Å². The highest BCUT2D eigenvalue weighted by atomic mass is 16.5. The maximum Gasteiger partial charge on any atom is 0.329 e. The lowest BCUT2D eigenvalue weighted by Gasteiger charge is -2.32. The number of para-hydroxylation sites is 1. The predicted octanol–water partition coefficient (Wildman–Crippen LogP) is 3.94. The Balaban J connectivity index is 1.04. The van der Waals surface area contributed by atoms with Crippen LogP contribution in [0.25, 0.3) is 22.3 Å². The van der Waals surface area contributed by atoms with Gasteiger partial charge in [0.1, 0.15) is 29.3 Å². The summed E-state index contributed by atoms with van der Waals surface area (Å²) in [6, 6.07) is 17.1. The fraction of sp³-hybridized carbons (Fsp3) is 0.258. The van der Waals surface area contributed by atoms with E-state index in [1.54, 1.807) is 12.4 Å². The van der Waals surface area contributed by atoms with E-state index in [9.17, 15) is 9.59 Å². The van der Waals surface area contributed by atoms with Crippen molar-refractivity contribution < 1.29 is 14.3 Å². The van der Waals surface area contributed by atoms with Gasteiger partial charge in [-0.05, 0) is 49.2 Å². The number of benzene rings is 2. The Morgan fingerprint density at radius 1 is 0.886 bits per heavy atom. The number of nitrogens with one attached hydrogen (secondary N) is 1. The average molecular weight is 591 g/mol. The Hall–Kier alpha value is -5.43. The van der Waals surface area contributed by atoms with Crippen molar-refractivity contribution in [3.8, 4) is 22.8 Å². The summed E-state index contributed by atoms with van der Waals surface area (Å²) in [5, 5.41) is 8.08. The fourth-order valence-electron chi connectivity index (χ4n) is 5.66. The minimum atomic E-state index is -0.471. The summed E-state index contributed by atoms with van der Waals surface area (Å²) in [7, 11) is 0. The summed E-state index contributed by atoms with van der Waals surface area (Å²) in [6.07, 6.45) is 6.74. The van der Waals surface area contributed by atoms with Gasteiger partial charge in [-0.25, -0.2) is 24.4 Å². The van der Waals surface area contributed by atoms with Crippen LogP contribution in [0, 0.1) is 0 Å². The van der Waals surface area contributed by atoms with E-state index in [-0.39, 0.29) is 18.4 Å². The van der Waals surface area contributed by atoms with Crippen molar-refractivity contribution >= 4 is 34.6 Å². The first-order chi connectivity index (χ1) is 21.5. The molecule has 5 heterocycles. The van der Waals surface area contributed by atoms with E-state index >= 15 is 0 Å². The maximum atomic E-state index is 12.1. The van der Waals surface area contributed by atoms with Crippen LogP contribution in [0.2, 0.25) is 0 Å². The molecule has 13 nitrogen and oxygen atoms in total. The van der Waals surface area contributed by atoms with Gasteiger partial charge in [0.25, 0.3) is 0 Å². The molecule has 0 saturated carbocycles. The molecule has 3 aromatic heterocycles. The van der Waals surface area contributed by atoms with Gasteiger partial charge in [0.2, 0.25) is 5.91 Å². The molecule has 0 atom stereocenters. The molecule has 3 amide bonds. The van der Waals surface area contributed by atoms with E-state index in [0.717, 1.165) is 65.4 Å². The third-order valence-electron chi connectivity index (χ3n) is 7.94. The van der Waals surface area contributed by atoms with Crippen molar-refractivity contribution in [2.24, 2.45) is 0 Å². The van der Waals surface area contributed by atoms with Crippen LogP contribution < -0.4 is 20.7 Å². The second kappa shape index (κ2) is 11.7. The van der Waals surface area contributed by atoms with Crippen LogP contribution in [0.4, 0.5) is 16.4 Å². The second-order valence-electron chi connectivity index (χ2n) is 10.8. The van der Waals surface area contributed by atoms with E-state index in [1.807, 2.05) is 59.3 Å². The maximum absolute atomic E-state index is 12.1. The van der Waals surface area contributed by atoms with Crippen molar-refractivity contribution in [3.05, 3.63) is 79.0 Å². The topological polar surface area (TPSA) is 157 Å². The van der Waals surface area contributed by atoms with Crippen LogP contribution in [0.3, 0.4) is 0 Å². The summed E-state index contributed by atoms with van der Waals surface area (Å²) in [4.78, 5) is 45.1. The van der Waals surface area contributed by atoms with Gasteiger partial charge < -0.3 is 10.5 Å². The standard InChI is InChI=1S/C31H30N10O3/c32-29-27-28(20-6-8-24(9-7-20)44-23-4-2-1-3-5-23)38-41(30(27)36-19-35-29)22-10-13-39(14-11-22)18-21-16-34-25(17-33-21)40-15-12-26(42)37-31(40)43/h1-9,16-17,19,22H,10-15,18H2,(H2,32,35,36)(H,37,42,43). The Kier molecular flexibility index (Phi) is 7.28. The number of imide groups is 1. The number of carbonyl (C=O) groups is 2. The van der Waals surface area contributed by atoms with Crippen LogP contribution in [0.5, 0.6) is 11.5 Å². The number of piperidine rings is 1. The zero-order chi connectivity index (χ0) is 30.0. The molecule has 0 spiro atoms. The van der Waals surface area contributed by atoms with Crippen LogP contribution in [0.1, 0.15) is 31.0 Å². The van der Waals surface area contributed by atoms with Crippen molar-refractivity contribution in [2.75, 3.05) is 30.3 Å². The third kappa shape index (κ3) is 5.52. The zero-order valence-corrected chi connectivity index (χ0v) is 23.8. The molecule has 3 N–H and O–H groups in total. The normalized spacial score (nSPS) is 16.3. The van der Waals surface area contributed by atoms with Crippen LogP contribution >= 0.6 is 0 Å². The first-order valence-corrected chi connectivity index (χ1v) is 14.5. The number of fused-ring (bicyclic) bond motifs is 1. The van der Waals surface area contributed by atoms with E-state index in [0.29, 0.717) is 24.7 Å². The summed E-state index contributed by atoms with van der Waals surface area (Å²) in [5.41, 5.74) is 9.54.